The Balaban J connectivity index is 0.00000337. The van der Waals surface area contributed by atoms with E-state index in [1.54, 1.807) is 24.4 Å². The first-order valence-corrected chi connectivity index (χ1v) is 13.2. The highest BCUT2D eigenvalue weighted by atomic mass is 35.5. The van der Waals surface area contributed by atoms with Gasteiger partial charge < -0.3 is 15.1 Å². The molecule has 10 heteroatoms. The number of nitrogens with one attached hydrogen (secondary N) is 2. The number of likely N-dealkylation sites (tertiary alicyclic amines) is 1. The third kappa shape index (κ3) is 5.42. The van der Waals surface area contributed by atoms with Crippen LogP contribution in [0.1, 0.15) is 29.7 Å². The molecule has 0 spiro atoms. The van der Waals surface area contributed by atoms with E-state index in [2.05, 4.69) is 39.2 Å². The van der Waals surface area contributed by atoms with Gasteiger partial charge in [0.05, 0.1) is 23.5 Å². The highest BCUT2D eigenvalue weighted by molar-refractivity contribution is 6.31. The summed E-state index contributed by atoms with van der Waals surface area (Å²) in [4.78, 5) is 18.0. The van der Waals surface area contributed by atoms with Crippen molar-refractivity contribution in [2.45, 2.75) is 20.0 Å². The number of anilines is 2. The van der Waals surface area contributed by atoms with Gasteiger partial charge in [0.1, 0.15) is 17.5 Å². The summed E-state index contributed by atoms with van der Waals surface area (Å²) in [5.74, 6) is -0.540. The standard InChI is InChI=1S/C30H26ClF2N7.CH4/c1-39(2)21-15-40(16-21)29(34)17-6-9-20(10-7-17)37-30-36-14-18-13-35-28(26-24(32)4-3-5-25(26)33)23-12-19(31)8-11-22(23)27(18)38-30;/h3-12,14,21,34H,13,15-16H2,1-2H3,(H,36,37,38);1H4. The van der Waals surface area contributed by atoms with Crippen LogP contribution in [0.15, 0.2) is 71.9 Å². The lowest BCUT2D eigenvalue weighted by Crippen LogP contribution is -2.59. The molecular weight excluding hydrogens is 544 g/mol. The van der Waals surface area contributed by atoms with Crippen LogP contribution in [0.3, 0.4) is 0 Å². The second-order valence-corrected chi connectivity index (χ2v) is 10.5. The summed E-state index contributed by atoms with van der Waals surface area (Å²) in [6.45, 7) is 1.83. The van der Waals surface area contributed by atoms with Crippen molar-refractivity contribution in [1.29, 1.82) is 5.41 Å². The zero-order valence-corrected chi connectivity index (χ0v) is 22.7. The van der Waals surface area contributed by atoms with Gasteiger partial charge in [-0.25, -0.2) is 18.7 Å². The Morgan fingerprint density at radius 2 is 1.73 bits per heavy atom. The van der Waals surface area contributed by atoms with E-state index < -0.39 is 11.6 Å². The number of hydrogen-bond donors (Lipinski definition) is 2. The molecule has 7 nitrogen and oxygen atoms in total. The summed E-state index contributed by atoms with van der Waals surface area (Å²) >= 11 is 6.31. The molecule has 0 saturated carbocycles. The predicted molar refractivity (Wildman–Crippen MR) is 161 cm³/mol. The third-order valence-electron chi connectivity index (χ3n) is 7.29. The molecule has 0 radical (unpaired) electrons. The van der Waals surface area contributed by atoms with Crippen LogP contribution in [0.2, 0.25) is 5.02 Å². The molecule has 3 heterocycles. The largest absolute Gasteiger partial charge is 0.353 e. The summed E-state index contributed by atoms with van der Waals surface area (Å²) < 4.78 is 29.6. The fourth-order valence-electron chi connectivity index (χ4n) is 4.91. The molecule has 210 valence electrons. The monoisotopic (exact) mass is 573 g/mol. The van der Waals surface area contributed by atoms with Crippen molar-refractivity contribution >= 4 is 34.8 Å². The molecule has 0 aliphatic carbocycles. The average Bonchev–Trinajstić information content (AvgIpc) is 3.04. The highest BCUT2D eigenvalue weighted by Gasteiger charge is 2.30. The molecule has 0 amide bonds. The lowest BCUT2D eigenvalue weighted by atomic mass is 9.95. The minimum absolute atomic E-state index is 0. The van der Waals surface area contributed by atoms with Crippen molar-refractivity contribution < 1.29 is 8.78 Å². The quantitative estimate of drug-likeness (QED) is 0.214. The van der Waals surface area contributed by atoms with E-state index in [9.17, 15) is 8.78 Å². The average molecular weight is 574 g/mol. The van der Waals surface area contributed by atoms with Gasteiger partial charge in [-0.1, -0.05) is 31.2 Å². The van der Waals surface area contributed by atoms with Crippen molar-refractivity contribution in [3.8, 4) is 11.3 Å². The molecule has 4 aromatic rings. The Morgan fingerprint density at radius 3 is 2.41 bits per heavy atom. The summed E-state index contributed by atoms with van der Waals surface area (Å²) in [7, 11) is 4.11. The molecule has 2 aliphatic heterocycles. The number of benzene rings is 3. The minimum Gasteiger partial charge on any atom is -0.353 e. The predicted octanol–water partition coefficient (Wildman–Crippen LogP) is 6.38. The van der Waals surface area contributed by atoms with Gasteiger partial charge in [0, 0.05) is 58.3 Å². The topological polar surface area (TPSA) is 80.5 Å². The van der Waals surface area contributed by atoms with Crippen LogP contribution in [-0.2, 0) is 6.54 Å². The molecule has 1 saturated heterocycles. The molecule has 1 fully saturated rings. The minimum atomic E-state index is -0.702. The van der Waals surface area contributed by atoms with Crippen LogP contribution in [0.5, 0.6) is 0 Å². The summed E-state index contributed by atoms with van der Waals surface area (Å²) in [5.41, 5.74) is 4.04. The maximum atomic E-state index is 14.8. The number of likely N-dealkylation sites (N-methyl/N-ethyl adjacent to an activating group) is 1. The first-order chi connectivity index (χ1) is 19.3. The number of hydrogen-bond acceptors (Lipinski definition) is 6. The van der Waals surface area contributed by atoms with Gasteiger partial charge in [0.15, 0.2) is 0 Å². The Labute approximate surface area is 243 Å². The van der Waals surface area contributed by atoms with E-state index in [1.165, 1.54) is 18.2 Å². The Hall–Kier alpha value is -4.21. The maximum absolute atomic E-state index is 14.8. The molecule has 0 unspecified atom stereocenters. The number of amidine groups is 1. The lowest BCUT2D eigenvalue weighted by molar-refractivity contribution is 0.124. The first kappa shape index (κ1) is 28.3. The Kier molecular flexibility index (Phi) is 7.84. The summed E-state index contributed by atoms with van der Waals surface area (Å²) in [6, 6.07) is 16.9. The lowest BCUT2D eigenvalue weighted by Gasteiger charge is -2.44. The Morgan fingerprint density at radius 1 is 1.02 bits per heavy atom. The molecular formula is C31H30ClF2N7. The zero-order chi connectivity index (χ0) is 28.0. The van der Waals surface area contributed by atoms with Crippen molar-refractivity contribution in [2.24, 2.45) is 4.99 Å². The Bertz CT molecular complexity index is 1630. The molecule has 41 heavy (non-hydrogen) atoms. The number of aliphatic imine (C=N–C) groups is 1. The maximum Gasteiger partial charge on any atom is 0.227 e. The van der Waals surface area contributed by atoms with E-state index in [0.717, 1.165) is 29.9 Å². The second kappa shape index (κ2) is 11.3. The number of aromatic nitrogens is 2. The van der Waals surface area contributed by atoms with Gasteiger partial charge in [0.2, 0.25) is 5.95 Å². The van der Waals surface area contributed by atoms with Crippen LogP contribution in [0, 0.1) is 17.0 Å². The molecule has 0 atom stereocenters. The van der Waals surface area contributed by atoms with Crippen LogP contribution < -0.4 is 5.32 Å². The zero-order valence-electron chi connectivity index (χ0n) is 21.9. The van der Waals surface area contributed by atoms with Crippen molar-refractivity contribution in [1.82, 2.24) is 19.8 Å². The van der Waals surface area contributed by atoms with Crippen molar-refractivity contribution in [3.63, 3.8) is 0 Å². The van der Waals surface area contributed by atoms with E-state index in [-0.39, 0.29) is 25.2 Å². The smallest absolute Gasteiger partial charge is 0.227 e. The van der Waals surface area contributed by atoms with Gasteiger partial charge in [-0.3, -0.25) is 10.4 Å². The van der Waals surface area contributed by atoms with Gasteiger partial charge in [-0.05, 0) is 62.6 Å². The molecule has 1 aromatic heterocycles. The van der Waals surface area contributed by atoms with Gasteiger partial charge in [-0.15, -0.1) is 0 Å². The fraction of sp³-hybridized carbons (Fsp3) is 0.226. The third-order valence-corrected chi connectivity index (χ3v) is 7.52. The van der Waals surface area contributed by atoms with E-state index in [1.807, 2.05) is 24.3 Å². The van der Waals surface area contributed by atoms with Gasteiger partial charge in [-0.2, -0.15) is 0 Å². The normalized spacial score (nSPS) is 14.3. The fourth-order valence-corrected chi connectivity index (χ4v) is 5.08. The molecule has 6 rings (SSSR count). The number of nitrogens with zero attached hydrogens (tertiary/aromatic N) is 5. The van der Waals surface area contributed by atoms with E-state index in [4.69, 9.17) is 22.0 Å². The number of fused-ring (bicyclic) bond motifs is 3. The molecule has 2 N–H and O–H groups in total. The van der Waals surface area contributed by atoms with E-state index >= 15 is 0 Å². The van der Waals surface area contributed by atoms with Crippen molar-refractivity contribution in [2.75, 3.05) is 32.5 Å². The molecule has 2 aliphatic rings. The van der Waals surface area contributed by atoms with Crippen LogP contribution in [0.25, 0.3) is 11.3 Å². The molecule has 0 bridgehead atoms. The van der Waals surface area contributed by atoms with Crippen LogP contribution in [0.4, 0.5) is 20.4 Å². The number of rotatable bonds is 5. The first-order valence-electron chi connectivity index (χ1n) is 12.8. The SMILES string of the molecule is C.CN(C)C1CN(C(=N)c2ccc(Nc3ncc4c(n3)-c3ccc(Cl)cc3C(c3c(F)cccc3F)=NC4)cc2)C1. The van der Waals surface area contributed by atoms with Gasteiger partial charge >= 0.3 is 0 Å². The van der Waals surface area contributed by atoms with E-state index in [0.29, 0.717) is 39.7 Å². The van der Waals surface area contributed by atoms with Crippen LogP contribution in [-0.4, -0.2) is 64.5 Å². The highest BCUT2D eigenvalue weighted by Crippen LogP contribution is 2.34. The second-order valence-electron chi connectivity index (χ2n) is 10.1. The summed E-state index contributed by atoms with van der Waals surface area (Å²) in [5, 5.41) is 12.2. The summed E-state index contributed by atoms with van der Waals surface area (Å²) in [6.07, 6.45) is 1.67. The number of halogens is 3. The van der Waals surface area contributed by atoms with Crippen LogP contribution >= 0.6 is 11.6 Å². The van der Waals surface area contributed by atoms with Crippen molar-refractivity contribution in [3.05, 3.63) is 106 Å². The van der Waals surface area contributed by atoms with Gasteiger partial charge in [0.25, 0.3) is 0 Å². The molecule has 3 aromatic carbocycles.